The van der Waals surface area contributed by atoms with Crippen molar-refractivity contribution in [1.29, 1.82) is 0 Å². The Balaban J connectivity index is 1.93. The molecule has 0 spiro atoms. The van der Waals surface area contributed by atoms with Crippen molar-refractivity contribution in [2.45, 2.75) is 51.6 Å². The summed E-state index contributed by atoms with van der Waals surface area (Å²) < 4.78 is 0. The number of aliphatic hydroxyl groups excluding tert-OH is 1. The van der Waals surface area contributed by atoms with E-state index in [1.54, 1.807) is 6.92 Å². The zero-order chi connectivity index (χ0) is 15.4. The summed E-state index contributed by atoms with van der Waals surface area (Å²) >= 11 is 0. The molecule has 6 nitrogen and oxygen atoms in total. The lowest BCUT2D eigenvalue weighted by molar-refractivity contribution is -0.115. The maximum absolute atomic E-state index is 11.3. The van der Waals surface area contributed by atoms with Crippen LogP contribution >= 0.6 is 0 Å². The smallest absolute Gasteiger partial charge is 0.295 e. The van der Waals surface area contributed by atoms with Gasteiger partial charge < -0.3 is 10.4 Å². The van der Waals surface area contributed by atoms with Gasteiger partial charge in [0.25, 0.3) is 5.91 Å². The number of carbonyl (C=O) groups excluding carboxylic acids is 1. The Hall–Kier alpha value is -1.87. The summed E-state index contributed by atoms with van der Waals surface area (Å²) in [6.45, 7) is 6.15. The first kappa shape index (κ1) is 15.5. The summed E-state index contributed by atoms with van der Waals surface area (Å²) in [5, 5.41) is 20.0. The molecule has 1 aromatic heterocycles. The molecule has 6 heteroatoms. The van der Waals surface area contributed by atoms with E-state index < -0.39 is 6.10 Å². The van der Waals surface area contributed by atoms with Crippen LogP contribution in [0.5, 0.6) is 0 Å². The molecule has 2 rings (SSSR count). The number of aliphatic hydroxyl groups is 1. The van der Waals surface area contributed by atoms with Gasteiger partial charge in [-0.15, -0.1) is 0 Å². The Morgan fingerprint density at radius 3 is 2.90 bits per heavy atom. The van der Waals surface area contributed by atoms with E-state index >= 15 is 0 Å². The minimum absolute atomic E-state index is 0.0326. The SMILES string of the molecule is CC#CC(=O)NC[C@H]1C[C@H](c2nc(C(C)C)n[nH]2)C[C@H]1O. The predicted molar refractivity (Wildman–Crippen MR) is 78.4 cm³/mol. The van der Waals surface area contributed by atoms with Gasteiger partial charge in [-0.1, -0.05) is 19.8 Å². The highest BCUT2D eigenvalue weighted by Gasteiger charge is 2.35. The largest absolute Gasteiger partial charge is 0.393 e. The molecule has 1 fully saturated rings. The number of aromatic amines is 1. The molecule has 21 heavy (non-hydrogen) atoms. The Bertz CT molecular complexity index is 556. The second kappa shape index (κ2) is 6.72. The van der Waals surface area contributed by atoms with Gasteiger partial charge in [-0.25, -0.2) is 4.98 Å². The number of H-pyrrole nitrogens is 1. The predicted octanol–water partition coefficient (Wildman–Crippen LogP) is 0.922. The first-order valence-corrected chi connectivity index (χ1v) is 7.32. The topological polar surface area (TPSA) is 90.9 Å². The van der Waals surface area contributed by atoms with E-state index in [4.69, 9.17) is 0 Å². The average Bonchev–Trinajstić information content (AvgIpc) is 3.03. The van der Waals surface area contributed by atoms with Crippen LogP contribution in [-0.4, -0.2) is 38.8 Å². The van der Waals surface area contributed by atoms with E-state index in [2.05, 4.69) is 32.3 Å². The van der Waals surface area contributed by atoms with Crippen molar-refractivity contribution in [3.05, 3.63) is 11.6 Å². The maximum Gasteiger partial charge on any atom is 0.295 e. The number of nitrogens with zero attached hydrogens (tertiary/aromatic N) is 2. The molecule has 0 aliphatic heterocycles. The van der Waals surface area contributed by atoms with Crippen LogP contribution in [0.15, 0.2) is 0 Å². The number of nitrogens with one attached hydrogen (secondary N) is 2. The molecule has 0 aromatic carbocycles. The van der Waals surface area contributed by atoms with Crippen LogP contribution in [0.4, 0.5) is 0 Å². The minimum Gasteiger partial charge on any atom is -0.393 e. The molecule has 1 aromatic rings. The third-order valence-electron chi connectivity index (χ3n) is 3.84. The fraction of sp³-hybridized carbons (Fsp3) is 0.667. The highest BCUT2D eigenvalue weighted by atomic mass is 16.3. The van der Waals surface area contributed by atoms with Crippen LogP contribution < -0.4 is 5.32 Å². The molecule has 3 atom stereocenters. The lowest BCUT2D eigenvalue weighted by atomic mass is 10.0. The number of carbonyl (C=O) groups is 1. The zero-order valence-corrected chi connectivity index (χ0v) is 12.7. The van der Waals surface area contributed by atoms with E-state index in [9.17, 15) is 9.90 Å². The second-order valence-corrected chi connectivity index (χ2v) is 5.81. The third-order valence-corrected chi connectivity index (χ3v) is 3.84. The number of hydrogen-bond acceptors (Lipinski definition) is 4. The number of hydrogen-bond donors (Lipinski definition) is 3. The van der Waals surface area contributed by atoms with Gasteiger partial charge in [-0.05, 0) is 25.7 Å². The normalized spacial score (nSPS) is 24.7. The second-order valence-electron chi connectivity index (χ2n) is 5.81. The molecule has 114 valence electrons. The summed E-state index contributed by atoms with van der Waals surface area (Å²) in [6, 6.07) is 0. The van der Waals surface area contributed by atoms with Crippen LogP contribution in [0.1, 0.15) is 57.1 Å². The third kappa shape index (κ3) is 3.82. The summed E-state index contributed by atoms with van der Waals surface area (Å²) in [6.07, 6.45) is 0.998. The molecule has 1 amide bonds. The Kier molecular flexibility index (Phi) is 4.97. The summed E-state index contributed by atoms with van der Waals surface area (Å²) in [5.74, 6) is 6.80. The van der Waals surface area contributed by atoms with Gasteiger partial charge in [0.2, 0.25) is 0 Å². The van der Waals surface area contributed by atoms with Crippen LogP contribution in [0, 0.1) is 17.8 Å². The van der Waals surface area contributed by atoms with Crippen LogP contribution in [0.2, 0.25) is 0 Å². The average molecular weight is 290 g/mol. The van der Waals surface area contributed by atoms with E-state index in [-0.39, 0.29) is 23.7 Å². The van der Waals surface area contributed by atoms with Gasteiger partial charge in [0.05, 0.1) is 6.10 Å². The van der Waals surface area contributed by atoms with Crippen molar-refractivity contribution in [2.75, 3.05) is 6.54 Å². The lowest BCUT2D eigenvalue weighted by Gasteiger charge is -2.13. The Labute approximate surface area is 124 Å². The van der Waals surface area contributed by atoms with Gasteiger partial charge in [0.15, 0.2) is 5.82 Å². The number of rotatable bonds is 4. The molecule has 0 radical (unpaired) electrons. The fourth-order valence-corrected chi connectivity index (χ4v) is 2.66. The molecule has 1 saturated carbocycles. The molecule has 0 bridgehead atoms. The van der Waals surface area contributed by atoms with Gasteiger partial charge in [-0.2, -0.15) is 5.10 Å². The van der Waals surface area contributed by atoms with Gasteiger partial charge in [0, 0.05) is 24.3 Å². The van der Waals surface area contributed by atoms with E-state index in [0.29, 0.717) is 13.0 Å². The van der Waals surface area contributed by atoms with Crippen molar-refractivity contribution < 1.29 is 9.90 Å². The lowest BCUT2D eigenvalue weighted by Crippen LogP contribution is -2.31. The summed E-state index contributed by atoms with van der Waals surface area (Å²) in [4.78, 5) is 15.8. The Morgan fingerprint density at radius 1 is 1.52 bits per heavy atom. The van der Waals surface area contributed by atoms with Crippen molar-refractivity contribution in [3.8, 4) is 11.8 Å². The van der Waals surface area contributed by atoms with Crippen molar-refractivity contribution in [3.63, 3.8) is 0 Å². The highest BCUT2D eigenvalue weighted by molar-refractivity contribution is 5.93. The zero-order valence-electron chi connectivity index (χ0n) is 12.7. The summed E-state index contributed by atoms with van der Waals surface area (Å²) in [7, 11) is 0. The molecular weight excluding hydrogens is 268 g/mol. The molecule has 1 aliphatic rings. The van der Waals surface area contributed by atoms with Gasteiger partial charge >= 0.3 is 0 Å². The molecule has 3 N–H and O–H groups in total. The maximum atomic E-state index is 11.3. The number of amides is 1. The van der Waals surface area contributed by atoms with Crippen molar-refractivity contribution >= 4 is 5.91 Å². The first-order valence-electron chi connectivity index (χ1n) is 7.32. The van der Waals surface area contributed by atoms with Crippen LogP contribution in [0.25, 0.3) is 0 Å². The molecule has 1 aliphatic carbocycles. The summed E-state index contributed by atoms with van der Waals surface area (Å²) in [5.41, 5.74) is 0. The van der Waals surface area contributed by atoms with Gasteiger partial charge in [-0.3, -0.25) is 9.89 Å². The monoisotopic (exact) mass is 290 g/mol. The van der Waals surface area contributed by atoms with E-state index in [1.807, 2.05) is 13.8 Å². The standard InChI is InChI=1S/C15H22N4O2/c1-4-5-13(21)16-8-11-6-10(7-12(11)20)15-17-14(9(2)3)18-19-15/h9-12,20H,6-8H2,1-3H3,(H,16,21)(H,17,18,19)/t10-,11+,12+/m0/s1. The first-order chi connectivity index (χ1) is 10.0. The van der Waals surface area contributed by atoms with Crippen LogP contribution in [0.3, 0.4) is 0 Å². The molecule has 0 saturated heterocycles. The minimum atomic E-state index is -0.433. The van der Waals surface area contributed by atoms with Crippen LogP contribution in [-0.2, 0) is 4.79 Å². The Morgan fingerprint density at radius 2 is 2.29 bits per heavy atom. The van der Waals surface area contributed by atoms with E-state index in [0.717, 1.165) is 18.1 Å². The number of aromatic nitrogens is 3. The molecule has 0 unspecified atom stereocenters. The molecular formula is C15H22N4O2. The molecule has 1 heterocycles. The highest BCUT2D eigenvalue weighted by Crippen LogP contribution is 2.37. The van der Waals surface area contributed by atoms with Crippen molar-refractivity contribution in [2.24, 2.45) is 5.92 Å². The fourth-order valence-electron chi connectivity index (χ4n) is 2.66. The van der Waals surface area contributed by atoms with Gasteiger partial charge in [0.1, 0.15) is 5.82 Å². The van der Waals surface area contributed by atoms with E-state index in [1.165, 1.54) is 0 Å². The van der Waals surface area contributed by atoms with Crippen molar-refractivity contribution in [1.82, 2.24) is 20.5 Å². The quantitative estimate of drug-likeness (QED) is 0.719.